The van der Waals surface area contributed by atoms with Crippen LogP contribution in [0.25, 0.3) is 0 Å². The second-order valence-corrected chi connectivity index (χ2v) is 3.21. The molecule has 0 saturated heterocycles. The van der Waals surface area contributed by atoms with Crippen LogP contribution in [0, 0.1) is 0 Å². The molecule has 1 N–H and O–H groups in total. The number of benzene rings is 1. The number of carbonyl (C=O) groups excluding carboxylic acids is 2. The van der Waals surface area contributed by atoms with Gasteiger partial charge in [0, 0.05) is 0 Å². The van der Waals surface area contributed by atoms with Crippen LogP contribution in [0.4, 0.5) is 4.79 Å². The maximum absolute atomic E-state index is 11.3. The van der Waals surface area contributed by atoms with Crippen molar-refractivity contribution in [2.45, 2.75) is 6.61 Å². The van der Waals surface area contributed by atoms with Gasteiger partial charge in [0.2, 0.25) is 0 Å². The summed E-state index contributed by atoms with van der Waals surface area (Å²) in [6, 6.07) is 8.98. The molecular formula is C12H12NNaO5. The monoisotopic (exact) mass is 273 g/mol. The summed E-state index contributed by atoms with van der Waals surface area (Å²) in [6.45, 7) is 0.0416. The van der Waals surface area contributed by atoms with Crippen LogP contribution in [0.5, 0.6) is 0 Å². The van der Waals surface area contributed by atoms with Crippen molar-refractivity contribution in [3.05, 3.63) is 47.9 Å². The summed E-state index contributed by atoms with van der Waals surface area (Å²) in [5.74, 6) is -0.929. The third-order valence-corrected chi connectivity index (χ3v) is 1.97. The van der Waals surface area contributed by atoms with Crippen molar-refractivity contribution < 1.29 is 53.7 Å². The first-order valence-electron chi connectivity index (χ1n) is 5.05. The van der Waals surface area contributed by atoms with E-state index in [1.165, 1.54) is 0 Å². The van der Waals surface area contributed by atoms with Gasteiger partial charge in [-0.15, -0.1) is 6.26 Å². The van der Waals surface area contributed by atoms with Gasteiger partial charge in [0.05, 0.1) is 7.11 Å². The van der Waals surface area contributed by atoms with Crippen LogP contribution in [0.2, 0.25) is 0 Å². The predicted octanol–water partition coefficient (Wildman–Crippen LogP) is -2.71. The van der Waals surface area contributed by atoms with E-state index in [1.807, 2.05) is 11.4 Å². The summed E-state index contributed by atoms with van der Waals surface area (Å²) in [6.07, 6.45) is -0.707. The molecule has 0 heterocycles. The zero-order valence-electron chi connectivity index (χ0n) is 10.7. The molecule has 0 fully saturated rings. The smallest absolute Gasteiger partial charge is 0.876 e. The van der Waals surface area contributed by atoms with Gasteiger partial charge in [-0.05, 0) is 5.56 Å². The summed E-state index contributed by atoms with van der Waals surface area (Å²) in [5, 5.41) is 12.5. The number of methoxy groups -OCH3 is 1. The molecular weight excluding hydrogens is 261 g/mol. The van der Waals surface area contributed by atoms with Crippen molar-refractivity contribution in [3.63, 3.8) is 0 Å². The summed E-state index contributed by atoms with van der Waals surface area (Å²) in [5.41, 5.74) is 0.286. The fraction of sp³-hybridized carbons (Fsp3) is 0.167. The van der Waals surface area contributed by atoms with E-state index < -0.39 is 17.8 Å². The first-order chi connectivity index (χ1) is 8.67. The molecule has 1 aromatic carbocycles. The number of hydrogen-bond acceptors (Lipinski definition) is 5. The van der Waals surface area contributed by atoms with Crippen molar-refractivity contribution in [1.29, 1.82) is 0 Å². The number of carbonyl (C=O) groups is 2. The molecule has 0 unspecified atom stereocenters. The van der Waals surface area contributed by atoms with E-state index in [2.05, 4.69) is 4.74 Å². The molecule has 0 atom stereocenters. The van der Waals surface area contributed by atoms with E-state index in [4.69, 9.17) is 4.74 Å². The second-order valence-electron chi connectivity index (χ2n) is 3.21. The Kier molecular flexibility index (Phi) is 8.69. The predicted molar refractivity (Wildman–Crippen MR) is 59.9 cm³/mol. The zero-order chi connectivity index (χ0) is 13.4. The average Bonchev–Trinajstić information content (AvgIpc) is 2.42. The van der Waals surface area contributed by atoms with Gasteiger partial charge in [-0.3, -0.25) is 5.32 Å². The van der Waals surface area contributed by atoms with Crippen molar-refractivity contribution in [2.24, 2.45) is 0 Å². The molecule has 0 radical (unpaired) electrons. The number of alkyl carbamates (subject to hydrolysis) is 1. The molecule has 0 saturated carbocycles. The average molecular weight is 273 g/mol. The molecule has 96 valence electrons. The van der Waals surface area contributed by atoms with Gasteiger partial charge in [0.25, 0.3) is 0 Å². The molecule has 0 aromatic heterocycles. The molecule has 0 spiro atoms. The number of nitrogens with one attached hydrogen (secondary N) is 1. The molecule has 1 rings (SSSR count). The third kappa shape index (κ3) is 6.28. The summed E-state index contributed by atoms with van der Waals surface area (Å²) in [7, 11) is 1.10. The molecule has 1 aromatic rings. The normalized spacial score (nSPS) is 10.1. The molecule has 1 amide bonds. The Labute approximate surface area is 132 Å². The molecule has 6 nitrogen and oxygen atoms in total. The van der Waals surface area contributed by atoms with Crippen molar-refractivity contribution in [1.82, 2.24) is 5.32 Å². The molecule has 0 aliphatic carbocycles. The van der Waals surface area contributed by atoms with Gasteiger partial charge in [0.15, 0.2) is 0 Å². The van der Waals surface area contributed by atoms with Crippen LogP contribution in [-0.2, 0) is 20.9 Å². The molecule has 0 aliphatic rings. The Hall–Kier alpha value is -1.50. The number of amides is 1. The zero-order valence-corrected chi connectivity index (χ0v) is 12.7. The Balaban J connectivity index is 0.00000324. The van der Waals surface area contributed by atoms with Gasteiger partial charge < -0.3 is 14.6 Å². The number of rotatable bonds is 4. The Morgan fingerprint density at radius 2 is 1.95 bits per heavy atom. The maximum Gasteiger partial charge on any atom is 1.00 e. The van der Waals surface area contributed by atoms with Gasteiger partial charge >= 0.3 is 41.6 Å². The Morgan fingerprint density at radius 1 is 1.32 bits per heavy atom. The van der Waals surface area contributed by atoms with E-state index in [0.29, 0.717) is 0 Å². The summed E-state index contributed by atoms with van der Waals surface area (Å²) in [4.78, 5) is 22.3. The first kappa shape index (κ1) is 17.5. The number of esters is 1. The quantitative estimate of drug-likeness (QED) is 0.279. The minimum Gasteiger partial charge on any atom is -0.876 e. The maximum atomic E-state index is 11.3. The molecule has 19 heavy (non-hydrogen) atoms. The molecule has 0 bridgehead atoms. The Bertz CT molecular complexity index is 447. The van der Waals surface area contributed by atoms with Crippen LogP contribution in [0.3, 0.4) is 0 Å². The van der Waals surface area contributed by atoms with Gasteiger partial charge in [-0.1, -0.05) is 30.3 Å². The minimum absolute atomic E-state index is 0. The van der Waals surface area contributed by atoms with Gasteiger partial charge in [0.1, 0.15) is 12.3 Å². The van der Waals surface area contributed by atoms with Crippen LogP contribution >= 0.6 is 0 Å². The van der Waals surface area contributed by atoms with Crippen molar-refractivity contribution in [3.8, 4) is 0 Å². The van der Waals surface area contributed by atoms with Crippen molar-refractivity contribution in [2.75, 3.05) is 7.11 Å². The van der Waals surface area contributed by atoms with Crippen LogP contribution < -0.4 is 40.0 Å². The summed E-state index contributed by atoms with van der Waals surface area (Å²) >= 11 is 0. The topological polar surface area (TPSA) is 87.7 Å². The second kappa shape index (κ2) is 9.43. The Morgan fingerprint density at radius 3 is 2.47 bits per heavy atom. The minimum atomic E-state index is -0.929. The fourth-order valence-electron chi connectivity index (χ4n) is 1.11. The number of hydrogen-bond donors (Lipinski definition) is 1. The molecule has 0 aliphatic heterocycles. The largest absolute Gasteiger partial charge is 1.00 e. The SMILES string of the molecule is COC(=O)/C(=C\[O-])NC(=O)OCc1ccccc1.[Na+]. The van der Waals surface area contributed by atoms with E-state index in [-0.39, 0.29) is 42.4 Å². The standard InChI is InChI=1S/C12H13NO5.Na/c1-17-11(15)10(7-14)13-12(16)18-8-9-5-3-2-4-6-9;/h2-7,14H,8H2,1H3,(H,13,16);/q;+1/p-1/b10-7+;. The van der Waals surface area contributed by atoms with E-state index in [1.54, 1.807) is 24.3 Å². The van der Waals surface area contributed by atoms with Crippen LogP contribution in [0.15, 0.2) is 42.3 Å². The van der Waals surface area contributed by atoms with Gasteiger partial charge in [-0.2, -0.15) is 0 Å². The third-order valence-electron chi connectivity index (χ3n) is 1.97. The van der Waals surface area contributed by atoms with Crippen LogP contribution in [0.1, 0.15) is 5.56 Å². The number of ether oxygens (including phenoxy) is 2. The van der Waals surface area contributed by atoms with E-state index >= 15 is 0 Å². The van der Waals surface area contributed by atoms with E-state index in [9.17, 15) is 14.7 Å². The van der Waals surface area contributed by atoms with E-state index in [0.717, 1.165) is 12.7 Å². The molecule has 7 heteroatoms. The first-order valence-corrected chi connectivity index (χ1v) is 5.05. The summed E-state index contributed by atoms with van der Waals surface area (Å²) < 4.78 is 9.11. The fourth-order valence-corrected chi connectivity index (χ4v) is 1.11. The van der Waals surface area contributed by atoms with Crippen molar-refractivity contribution >= 4 is 12.1 Å². The van der Waals surface area contributed by atoms with Gasteiger partial charge in [-0.25, -0.2) is 9.59 Å². The van der Waals surface area contributed by atoms with Crippen LogP contribution in [-0.4, -0.2) is 19.2 Å².